The number of carbonyl (C=O) groups excluding carboxylic acids is 1. The first-order valence-electron chi connectivity index (χ1n) is 6.26. The van der Waals surface area contributed by atoms with E-state index in [-0.39, 0.29) is 11.9 Å². The minimum atomic E-state index is 0.0210. The van der Waals surface area contributed by atoms with E-state index >= 15 is 0 Å². The van der Waals surface area contributed by atoms with E-state index in [0.29, 0.717) is 12.8 Å². The summed E-state index contributed by atoms with van der Waals surface area (Å²) in [5, 5.41) is 2.87. The van der Waals surface area contributed by atoms with Gasteiger partial charge in [0, 0.05) is 24.7 Å². The van der Waals surface area contributed by atoms with Gasteiger partial charge in [0.2, 0.25) is 5.91 Å². The fourth-order valence-electron chi connectivity index (χ4n) is 1.64. The molecule has 0 heterocycles. The topological polar surface area (TPSA) is 58.4 Å². The Morgan fingerprint density at radius 3 is 2.44 bits per heavy atom. The van der Waals surface area contributed by atoms with Gasteiger partial charge in [-0.3, -0.25) is 4.79 Å². The Bertz CT molecular complexity index is 371. The number of anilines is 1. The van der Waals surface area contributed by atoms with Crippen molar-refractivity contribution in [2.75, 3.05) is 19.4 Å². The molecule has 1 aromatic rings. The molecule has 1 amide bonds. The zero-order valence-corrected chi connectivity index (χ0v) is 11.4. The molecule has 18 heavy (non-hydrogen) atoms. The van der Waals surface area contributed by atoms with Gasteiger partial charge in [0.25, 0.3) is 0 Å². The summed E-state index contributed by atoms with van der Waals surface area (Å²) in [5.74, 6) is 0.0210. The lowest BCUT2D eigenvalue weighted by atomic mass is 10.1. The molecule has 1 aromatic carbocycles. The van der Waals surface area contributed by atoms with Crippen LogP contribution < -0.4 is 11.1 Å². The average molecular weight is 249 g/mol. The molecule has 0 bridgehead atoms. The minimum absolute atomic E-state index is 0.0210. The van der Waals surface area contributed by atoms with Gasteiger partial charge in [-0.2, -0.15) is 0 Å². The van der Waals surface area contributed by atoms with Gasteiger partial charge in [-0.05, 0) is 45.1 Å². The highest BCUT2D eigenvalue weighted by Crippen LogP contribution is 2.11. The van der Waals surface area contributed by atoms with E-state index in [0.717, 1.165) is 12.2 Å². The predicted molar refractivity (Wildman–Crippen MR) is 75.3 cm³/mol. The van der Waals surface area contributed by atoms with Crippen molar-refractivity contribution in [3.8, 4) is 0 Å². The van der Waals surface area contributed by atoms with Crippen LogP contribution >= 0.6 is 0 Å². The van der Waals surface area contributed by atoms with E-state index in [9.17, 15) is 4.79 Å². The zero-order chi connectivity index (χ0) is 13.5. The van der Waals surface area contributed by atoms with E-state index in [1.807, 2.05) is 45.3 Å². The van der Waals surface area contributed by atoms with E-state index in [4.69, 9.17) is 5.73 Å². The van der Waals surface area contributed by atoms with Gasteiger partial charge in [-0.15, -0.1) is 0 Å². The van der Waals surface area contributed by atoms with Gasteiger partial charge in [0.05, 0.1) is 0 Å². The number of hydrogen-bond acceptors (Lipinski definition) is 3. The van der Waals surface area contributed by atoms with E-state index < -0.39 is 0 Å². The molecule has 4 heteroatoms. The first kappa shape index (κ1) is 14.7. The summed E-state index contributed by atoms with van der Waals surface area (Å²) in [5.41, 5.74) is 7.69. The quantitative estimate of drug-likeness (QED) is 0.808. The van der Waals surface area contributed by atoms with Crippen LogP contribution in [0, 0.1) is 0 Å². The molecular weight excluding hydrogens is 226 g/mol. The maximum absolute atomic E-state index is 11.6. The van der Waals surface area contributed by atoms with Crippen molar-refractivity contribution in [1.29, 1.82) is 0 Å². The SMILES string of the molecule is CC(N)CCC(=O)Nc1ccc(CN(C)C)cc1. The number of hydrogen-bond donors (Lipinski definition) is 2. The summed E-state index contributed by atoms with van der Waals surface area (Å²) >= 11 is 0. The van der Waals surface area contributed by atoms with Gasteiger partial charge in [0.15, 0.2) is 0 Å². The number of benzene rings is 1. The van der Waals surface area contributed by atoms with Crippen LogP contribution in [0.3, 0.4) is 0 Å². The second kappa shape index (κ2) is 7.13. The highest BCUT2D eigenvalue weighted by Gasteiger charge is 2.04. The highest BCUT2D eigenvalue weighted by atomic mass is 16.1. The number of carbonyl (C=O) groups is 1. The van der Waals surface area contributed by atoms with E-state index in [2.05, 4.69) is 10.2 Å². The molecule has 0 aliphatic carbocycles. The largest absolute Gasteiger partial charge is 0.328 e. The van der Waals surface area contributed by atoms with E-state index in [1.165, 1.54) is 5.56 Å². The Labute approximate surface area is 109 Å². The summed E-state index contributed by atoms with van der Waals surface area (Å²) in [4.78, 5) is 13.7. The van der Waals surface area contributed by atoms with Crippen LogP contribution in [0.4, 0.5) is 5.69 Å². The molecule has 0 spiro atoms. The lowest BCUT2D eigenvalue weighted by molar-refractivity contribution is -0.116. The minimum Gasteiger partial charge on any atom is -0.328 e. The number of nitrogens with two attached hydrogens (primary N) is 1. The maximum atomic E-state index is 11.6. The van der Waals surface area contributed by atoms with Crippen molar-refractivity contribution < 1.29 is 4.79 Å². The normalized spacial score (nSPS) is 12.5. The molecule has 100 valence electrons. The van der Waals surface area contributed by atoms with Gasteiger partial charge < -0.3 is 16.0 Å². The molecule has 4 nitrogen and oxygen atoms in total. The molecular formula is C14H23N3O. The Morgan fingerprint density at radius 1 is 1.33 bits per heavy atom. The van der Waals surface area contributed by atoms with Crippen molar-refractivity contribution in [2.45, 2.75) is 32.4 Å². The molecule has 0 aliphatic rings. The van der Waals surface area contributed by atoms with E-state index in [1.54, 1.807) is 0 Å². The Balaban J connectivity index is 2.45. The van der Waals surface area contributed by atoms with Crippen LogP contribution in [0.15, 0.2) is 24.3 Å². The maximum Gasteiger partial charge on any atom is 0.224 e. The number of nitrogens with one attached hydrogen (secondary N) is 1. The molecule has 3 N–H and O–H groups in total. The summed E-state index contributed by atoms with van der Waals surface area (Å²) in [6, 6.07) is 7.99. The second-order valence-electron chi connectivity index (χ2n) is 5.00. The van der Waals surface area contributed by atoms with Crippen LogP contribution in [0.25, 0.3) is 0 Å². The molecule has 0 saturated carbocycles. The molecule has 0 aromatic heterocycles. The molecule has 0 radical (unpaired) electrons. The number of nitrogens with zero attached hydrogens (tertiary/aromatic N) is 1. The smallest absolute Gasteiger partial charge is 0.224 e. The number of amides is 1. The fourth-order valence-corrected chi connectivity index (χ4v) is 1.64. The van der Waals surface area contributed by atoms with Crippen LogP contribution in [-0.4, -0.2) is 30.9 Å². The van der Waals surface area contributed by atoms with Crippen LogP contribution in [0.5, 0.6) is 0 Å². The van der Waals surface area contributed by atoms with Crippen molar-refractivity contribution in [3.63, 3.8) is 0 Å². The first-order valence-corrected chi connectivity index (χ1v) is 6.26. The van der Waals surface area contributed by atoms with Gasteiger partial charge in [-0.1, -0.05) is 12.1 Å². The molecule has 0 fully saturated rings. The Morgan fingerprint density at radius 2 is 1.94 bits per heavy atom. The summed E-state index contributed by atoms with van der Waals surface area (Å²) < 4.78 is 0. The third-order valence-corrected chi connectivity index (χ3v) is 2.56. The monoisotopic (exact) mass is 249 g/mol. The molecule has 1 unspecified atom stereocenters. The predicted octanol–water partition coefficient (Wildman–Crippen LogP) is 1.81. The first-order chi connectivity index (χ1) is 8.47. The van der Waals surface area contributed by atoms with Gasteiger partial charge >= 0.3 is 0 Å². The second-order valence-corrected chi connectivity index (χ2v) is 5.00. The zero-order valence-electron chi connectivity index (χ0n) is 11.4. The molecule has 1 atom stereocenters. The van der Waals surface area contributed by atoms with Crippen molar-refractivity contribution in [3.05, 3.63) is 29.8 Å². The summed E-state index contributed by atoms with van der Waals surface area (Å²) in [6.45, 7) is 2.81. The van der Waals surface area contributed by atoms with Crippen LogP contribution in [0.2, 0.25) is 0 Å². The third kappa shape index (κ3) is 5.80. The molecule has 0 aliphatic heterocycles. The van der Waals surface area contributed by atoms with Crippen LogP contribution in [0.1, 0.15) is 25.3 Å². The average Bonchev–Trinajstić information content (AvgIpc) is 2.28. The van der Waals surface area contributed by atoms with Crippen LogP contribution in [-0.2, 0) is 11.3 Å². The summed E-state index contributed by atoms with van der Waals surface area (Å²) in [6.07, 6.45) is 1.18. The summed E-state index contributed by atoms with van der Waals surface area (Å²) in [7, 11) is 4.06. The lowest BCUT2D eigenvalue weighted by Crippen LogP contribution is -2.19. The van der Waals surface area contributed by atoms with Crippen molar-refractivity contribution in [2.24, 2.45) is 5.73 Å². The highest BCUT2D eigenvalue weighted by molar-refractivity contribution is 5.90. The molecule has 1 rings (SSSR count). The van der Waals surface area contributed by atoms with Gasteiger partial charge in [-0.25, -0.2) is 0 Å². The van der Waals surface area contributed by atoms with Crippen molar-refractivity contribution >= 4 is 11.6 Å². The van der Waals surface area contributed by atoms with Crippen molar-refractivity contribution in [1.82, 2.24) is 4.90 Å². The number of rotatable bonds is 6. The Hall–Kier alpha value is -1.39. The molecule has 0 saturated heterocycles. The Kier molecular flexibility index (Phi) is 5.82. The lowest BCUT2D eigenvalue weighted by Gasteiger charge is -2.11. The fraction of sp³-hybridized carbons (Fsp3) is 0.500. The van der Waals surface area contributed by atoms with Gasteiger partial charge in [0.1, 0.15) is 0 Å². The third-order valence-electron chi connectivity index (χ3n) is 2.56. The standard InChI is InChI=1S/C14H23N3O/c1-11(15)4-9-14(18)16-13-7-5-12(6-8-13)10-17(2)3/h5-8,11H,4,9-10,15H2,1-3H3,(H,16,18).